The van der Waals surface area contributed by atoms with Gasteiger partial charge in [0.05, 0.1) is 23.1 Å². The first kappa shape index (κ1) is 25.8. The zero-order valence-corrected chi connectivity index (χ0v) is 22.4. The van der Waals surface area contributed by atoms with Gasteiger partial charge in [0.1, 0.15) is 23.3 Å². The Labute approximate surface area is 228 Å². The molecule has 2 aromatic heterocycles. The summed E-state index contributed by atoms with van der Waals surface area (Å²) < 4.78 is 26.3. The molecule has 1 saturated heterocycles. The first-order valence-corrected chi connectivity index (χ1v) is 15.3. The number of amides is 1. The van der Waals surface area contributed by atoms with Crippen molar-refractivity contribution in [2.75, 3.05) is 29.5 Å². The molecule has 0 spiro atoms. The van der Waals surface area contributed by atoms with E-state index in [9.17, 15) is 19.2 Å². The second-order valence-electron chi connectivity index (χ2n) is 10.8. The molecule has 1 aromatic carbocycles. The van der Waals surface area contributed by atoms with Crippen molar-refractivity contribution >= 4 is 22.2 Å². The zero-order chi connectivity index (χ0) is 27.0. The molecule has 3 heterocycles. The van der Waals surface area contributed by atoms with Crippen LogP contribution in [-0.4, -0.2) is 60.1 Å². The average molecular weight is 549 g/mol. The second kappa shape index (κ2) is 10.3. The zero-order valence-electron chi connectivity index (χ0n) is 21.6. The van der Waals surface area contributed by atoms with Gasteiger partial charge in [-0.05, 0) is 37.8 Å². The lowest BCUT2D eigenvalue weighted by Crippen LogP contribution is -2.42. The van der Waals surface area contributed by atoms with Crippen molar-refractivity contribution in [3.63, 3.8) is 0 Å². The van der Waals surface area contributed by atoms with Crippen LogP contribution in [0.3, 0.4) is 0 Å². The van der Waals surface area contributed by atoms with Gasteiger partial charge >= 0.3 is 0 Å². The summed E-state index contributed by atoms with van der Waals surface area (Å²) >= 11 is 0. The molecule has 39 heavy (non-hydrogen) atoms. The van der Waals surface area contributed by atoms with Crippen molar-refractivity contribution in [1.82, 2.24) is 20.3 Å². The van der Waals surface area contributed by atoms with Gasteiger partial charge < -0.3 is 14.6 Å². The number of carbonyl (C=O) groups excluding carboxylic acids is 1. The third kappa shape index (κ3) is 5.37. The number of aromatic nitrogens is 3. The molecule has 3 aliphatic rings. The van der Waals surface area contributed by atoms with Crippen LogP contribution in [0.4, 0.5) is 5.69 Å². The van der Waals surface area contributed by atoms with E-state index in [-0.39, 0.29) is 17.7 Å². The number of hydrogen-bond acceptors (Lipinski definition) is 9. The Kier molecular flexibility index (Phi) is 6.79. The van der Waals surface area contributed by atoms with Crippen LogP contribution in [0, 0.1) is 17.2 Å². The number of carbonyl (C=O) groups is 1. The molecule has 1 amide bonds. The summed E-state index contributed by atoms with van der Waals surface area (Å²) in [7, 11) is -2.46. The average Bonchev–Trinajstić information content (AvgIpc) is 3.60. The molecule has 2 aliphatic carbocycles. The van der Waals surface area contributed by atoms with Gasteiger partial charge in [-0.2, -0.15) is 15.9 Å². The molecule has 2 atom stereocenters. The fourth-order valence-electron chi connectivity index (χ4n) is 5.61. The van der Waals surface area contributed by atoms with Crippen molar-refractivity contribution < 1.29 is 18.3 Å². The summed E-state index contributed by atoms with van der Waals surface area (Å²) in [6.07, 6.45) is 9.62. The molecule has 11 heteroatoms. The summed E-state index contributed by atoms with van der Waals surface area (Å²) in [6.45, 7) is 1.19. The minimum Gasteiger partial charge on any atom is -0.440 e. The van der Waals surface area contributed by atoms with Crippen molar-refractivity contribution in [2.24, 2.45) is 5.92 Å². The van der Waals surface area contributed by atoms with Crippen molar-refractivity contribution in [2.45, 2.75) is 50.0 Å². The van der Waals surface area contributed by atoms with E-state index in [0.717, 1.165) is 36.9 Å². The molecular weight excluding hydrogens is 516 g/mol. The molecule has 3 fully saturated rings. The Balaban J connectivity index is 1.33. The Morgan fingerprint density at radius 1 is 1.08 bits per heavy atom. The molecular formula is C28H32N6O4S. The molecule has 6 rings (SSSR count). The van der Waals surface area contributed by atoms with E-state index in [1.807, 2.05) is 24.3 Å². The van der Waals surface area contributed by atoms with Crippen molar-refractivity contribution in [1.29, 1.82) is 5.26 Å². The van der Waals surface area contributed by atoms with Crippen LogP contribution in [0.5, 0.6) is 0 Å². The highest BCUT2D eigenvalue weighted by molar-refractivity contribution is 8.24. The normalized spacial score (nSPS) is 24.4. The fraction of sp³-hybridized carbons (Fsp3) is 0.464. The smallest absolute Gasteiger partial charge is 0.230 e. The second-order valence-corrected chi connectivity index (χ2v) is 13.2. The minimum atomic E-state index is -2.46. The standard InChI is InChI=1S/C28H32N6O4S/c29-17-28(9-10-28)33-26(35)23-4-2-1-3-22(23)25-24(32-27(38-25)20-15-30-18-31-16-20)19-5-7-21(8-6-19)34-11-13-39(36,37)14-12-34/h5-8,15-16,18,22-23,36-37H,1-4,9-14H2,(H,33,35)/t22-,23-/m1/s1. The van der Waals surface area contributed by atoms with E-state index < -0.39 is 16.1 Å². The number of nitrogens with one attached hydrogen (secondary N) is 1. The number of hydrogen-bond donors (Lipinski definition) is 3. The molecule has 0 unspecified atom stereocenters. The van der Waals surface area contributed by atoms with Gasteiger partial charge in [0.2, 0.25) is 11.8 Å². The Bertz CT molecular complexity index is 1370. The maximum atomic E-state index is 13.4. The number of rotatable bonds is 6. The Hall–Kier alpha value is -3.46. The lowest BCUT2D eigenvalue weighted by atomic mass is 9.76. The minimum absolute atomic E-state index is 0.0860. The van der Waals surface area contributed by atoms with E-state index in [2.05, 4.69) is 26.3 Å². The fourth-order valence-corrected chi connectivity index (χ4v) is 6.84. The monoisotopic (exact) mass is 548 g/mol. The van der Waals surface area contributed by atoms with Crippen molar-refractivity contribution in [3.05, 3.63) is 48.7 Å². The summed E-state index contributed by atoms with van der Waals surface area (Å²) in [5.74, 6) is 1.29. The molecule has 3 N–H and O–H groups in total. The molecule has 10 nitrogen and oxygen atoms in total. The third-order valence-corrected chi connectivity index (χ3v) is 9.78. The van der Waals surface area contributed by atoms with Crippen LogP contribution in [-0.2, 0) is 4.79 Å². The van der Waals surface area contributed by atoms with Crippen molar-refractivity contribution in [3.8, 4) is 28.8 Å². The van der Waals surface area contributed by atoms with Gasteiger partial charge in [0, 0.05) is 48.6 Å². The first-order valence-electron chi connectivity index (χ1n) is 13.4. The topological polar surface area (TPSA) is 148 Å². The molecule has 0 bridgehead atoms. The summed E-state index contributed by atoms with van der Waals surface area (Å²) in [4.78, 5) is 28.7. The highest BCUT2D eigenvalue weighted by Crippen LogP contribution is 2.45. The van der Waals surface area contributed by atoms with Crippen LogP contribution in [0.25, 0.3) is 22.7 Å². The predicted octanol–water partition coefficient (Wildman–Crippen LogP) is 4.82. The lowest BCUT2D eigenvalue weighted by Gasteiger charge is -2.41. The number of oxazole rings is 1. The van der Waals surface area contributed by atoms with Crippen LogP contribution in [0.1, 0.15) is 50.2 Å². The van der Waals surface area contributed by atoms with Crippen LogP contribution in [0.2, 0.25) is 0 Å². The Morgan fingerprint density at radius 2 is 1.77 bits per heavy atom. The molecule has 1 aliphatic heterocycles. The van der Waals surface area contributed by atoms with Gasteiger partial charge in [-0.15, -0.1) is 0 Å². The quantitative estimate of drug-likeness (QED) is 0.394. The maximum absolute atomic E-state index is 13.4. The van der Waals surface area contributed by atoms with E-state index >= 15 is 0 Å². The van der Waals surface area contributed by atoms with Gasteiger partial charge in [0.25, 0.3) is 0 Å². The van der Waals surface area contributed by atoms with Gasteiger partial charge in [-0.25, -0.2) is 15.0 Å². The molecule has 2 saturated carbocycles. The van der Waals surface area contributed by atoms with Gasteiger partial charge in [-0.3, -0.25) is 13.9 Å². The molecule has 0 radical (unpaired) electrons. The van der Waals surface area contributed by atoms with Crippen LogP contribution in [0.15, 0.2) is 47.4 Å². The van der Waals surface area contributed by atoms with E-state index in [1.165, 1.54) is 6.33 Å². The summed E-state index contributed by atoms with van der Waals surface area (Å²) in [6, 6.07) is 10.3. The maximum Gasteiger partial charge on any atom is 0.230 e. The van der Waals surface area contributed by atoms with E-state index in [4.69, 9.17) is 9.40 Å². The van der Waals surface area contributed by atoms with Gasteiger partial charge in [-0.1, -0.05) is 25.0 Å². The Morgan fingerprint density at radius 3 is 2.44 bits per heavy atom. The van der Waals surface area contributed by atoms with E-state index in [1.54, 1.807) is 12.4 Å². The third-order valence-electron chi connectivity index (χ3n) is 8.11. The van der Waals surface area contributed by atoms with Crippen LogP contribution < -0.4 is 10.2 Å². The summed E-state index contributed by atoms with van der Waals surface area (Å²) in [5, 5.41) is 12.5. The number of benzene rings is 1. The number of nitrogens with zero attached hydrogens (tertiary/aromatic N) is 5. The van der Waals surface area contributed by atoms with E-state index in [0.29, 0.717) is 60.3 Å². The SMILES string of the molecule is N#CC1(NC(=O)[C@@H]2CCCC[C@H]2c2oc(-c3cncnc3)nc2-c2ccc(N3CCS(O)(O)CC3)cc2)CC1. The lowest BCUT2D eigenvalue weighted by molar-refractivity contribution is -0.127. The first-order chi connectivity index (χ1) is 18.9. The summed E-state index contributed by atoms with van der Waals surface area (Å²) in [5.41, 5.74) is 2.53. The largest absolute Gasteiger partial charge is 0.440 e. The van der Waals surface area contributed by atoms with Gasteiger partial charge in [0.15, 0.2) is 0 Å². The number of anilines is 1. The molecule has 3 aromatic rings. The highest BCUT2D eigenvalue weighted by Gasteiger charge is 2.47. The highest BCUT2D eigenvalue weighted by atomic mass is 32.3. The predicted molar refractivity (Wildman–Crippen MR) is 148 cm³/mol. The molecule has 204 valence electrons. The number of nitriles is 1. The van der Waals surface area contributed by atoms with Crippen LogP contribution >= 0.6 is 10.6 Å².